The number of benzene rings is 1. The van der Waals surface area contributed by atoms with Gasteiger partial charge in [0, 0.05) is 4.90 Å². The molecule has 0 spiro atoms. The monoisotopic (exact) mass is 166 g/mol. The largest absolute Gasteiger partial charge is 0.143 e. The van der Waals surface area contributed by atoms with Gasteiger partial charge in [0.2, 0.25) is 0 Å². The second-order valence-corrected chi connectivity index (χ2v) is 3.38. The third-order valence-electron chi connectivity index (χ3n) is 1.85. The van der Waals surface area contributed by atoms with Crippen molar-refractivity contribution in [3.63, 3.8) is 0 Å². The molecule has 60 valence electrons. The molecule has 0 aliphatic heterocycles. The van der Waals surface area contributed by atoms with E-state index in [1.54, 1.807) is 0 Å². The van der Waals surface area contributed by atoms with Crippen LogP contribution < -0.4 is 0 Å². The van der Waals surface area contributed by atoms with Gasteiger partial charge < -0.3 is 0 Å². The zero-order valence-electron chi connectivity index (χ0n) is 7.09. The molecule has 0 bridgehead atoms. The lowest BCUT2D eigenvalue weighted by Gasteiger charge is -2.03. The first-order valence-corrected chi connectivity index (χ1v) is 4.47. The number of aryl methyl sites for hydroxylation is 2. The number of rotatable bonds is 2. The van der Waals surface area contributed by atoms with Crippen molar-refractivity contribution >= 4 is 12.6 Å². The Hall–Kier alpha value is -0.430. The van der Waals surface area contributed by atoms with Crippen LogP contribution in [-0.4, -0.2) is 0 Å². The van der Waals surface area contributed by atoms with Crippen molar-refractivity contribution in [2.24, 2.45) is 0 Å². The molecular formula is C10H14S. The summed E-state index contributed by atoms with van der Waals surface area (Å²) in [6.07, 6.45) is 2.40. The average Bonchev–Trinajstić information content (AvgIpc) is 1.95. The SMILES string of the molecule is CCCc1ccc(S)cc1C. The molecule has 0 aliphatic rings. The first-order chi connectivity index (χ1) is 5.24. The van der Waals surface area contributed by atoms with Crippen LogP contribution in [0.1, 0.15) is 24.5 Å². The second kappa shape index (κ2) is 3.82. The van der Waals surface area contributed by atoms with Crippen LogP contribution in [0.4, 0.5) is 0 Å². The van der Waals surface area contributed by atoms with Crippen LogP contribution in [0.15, 0.2) is 23.1 Å². The minimum absolute atomic E-state index is 1.06. The highest BCUT2D eigenvalue weighted by atomic mass is 32.1. The Balaban J connectivity index is 2.90. The summed E-state index contributed by atoms with van der Waals surface area (Å²) < 4.78 is 0. The third-order valence-corrected chi connectivity index (χ3v) is 2.12. The summed E-state index contributed by atoms with van der Waals surface area (Å²) in [5.74, 6) is 0. The molecule has 1 aromatic rings. The molecule has 0 heterocycles. The maximum absolute atomic E-state index is 4.27. The zero-order valence-corrected chi connectivity index (χ0v) is 7.99. The van der Waals surface area contributed by atoms with Crippen LogP contribution >= 0.6 is 12.6 Å². The Morgan fingerprint density at radius 1 is 1.36 bits per heavy atom. The second-order valence-electron chi connectivity index (χ2n) is 2.86. The third kappa shape index (κ3) is 2.26. The van der Waals surface area contributed by atoms with E-state index in [1.165, 1.54) is 24.0 Å². The first kappa shape index (κ1) is 8.66. The molecule has 0 unspecified atom stereocenters. The molecule has 0 aliphatic carbocycles. The highest BCUT2D eigenvalue weighted by Crippen LogP contribution is 2.14. The maximum atomic E-state index is 4.27. The Bertz CT molecular complexity index is 241. The normalized spacial score (nSPS) is 10.1. The van der Waals surface area contributed by atoms with Gasteiger partial charge in [-0.05, 0) is 36.6 Å². The van der Waals surface area contributed by atoms with E-state index in [1.807, 2.05) is 0 Å². The van der Waals surface area contributed by atoms with E-state index in [4.69, 9.17) is 0 Å². The van der Waals surface area contributed by atoms with Crippen molar-refractivity contribution in [2.75, 3.05) is 0 Å². The van der Waals surface area contributed by atoms with Crippen molar-refractivity contribution in [3.8, 4) is 0 Å². The van der Waals surface area contributed by atoms with E-state index in [0.717, 1.165) is 4.90 Å². The number of hydrogen-bond acceptors (Lipinski definition) is 1. The molecule has 0 saturated heterocycles. The van der Waals surface area contributed by atoms with E-state index in [2.05, 4.69) is 44.7 Å². The smallest absolute Gasteiger partial charge is 0.00428 e. The molecular weight excluding hydrogens is 152 g/mol. The average molecular weight is 166 g/mol. The standard InChI is InChI=1S/C10H14S/c1-3-4-9-5-6-10(11)7-8(9)2/h5-7,11H,3-4H2,1-2H3. The van der Waals surface area contributed by atoms with Crippen LogP contribution in [0.2, 0.25) is 0 Å². The molecule has 0 fully saturated rings. The van der Waals surface area contributed by atoms with E-state index >= 15 is 0 Å². The molecule has 1 heteroatoms. The topological polar surface area (TPSA) is 0 Å². The molecule has 0 N–H and O–H groups in total. The molecule has 0 atom stereocenters. The van der Waals surface area contributed by atoms with Gasteiger partial charge in [0.05, 0.1) is 0 Å². The molecule has 0 radical (unpaired) electrons. The predicted molar refractivity (Wildman–Crippen MR) is 52.4 cm³/mol. The molecule has 0 saturated carbocycles. The highest BCUT2D eigenvalue weighted by molar-refractivity contribution is 7.80. The van der Waals surface area contributed by atoms with Crippen molar-refractivity contribution in [2.45, 2.75) is 31.6 Å². The van der Waals surface area contributed by atoms with Crippen LogP contribution in [-0.2, 0) is 6.42 Å². The predicted octanol–water partition coefficient (Wildman–Crippen LogP) is 3.24. The fraction of sp³-hybridized carbons (Fsp3) is 0.400. The minimum Gasteiger partial charge on any atom is -0.143 e. The lowest BCUT2D eigenvalue weighted by atomic mass is 10.1. The lowest BCUT2D eigenvalue weighted by molar-refractivity contribution is 0.910. The van der Waals surface area contributed by atoms with Gasteiger partial charge in [-0.15, -0.1) is 12.6 Å². The molecule has 1 rings (SSSR count). The summed E-state index contributed by atoms with van der Waals surface area (Å²) in [4.78, 5) is 1.06. The van der Waals surface area contributed by atoms with E-state index < -0.39 is 0 Å². The summed E-state index contributed by atoms with van der Waals surface area (Å²) in [6.45, 7) is 4.35. The van der Waals surface area contributed by atoms with Gasteiger partial charge in [-0.1, -0.05) is 19.4 Å². The summed E-state index contributed by atoms with van der Waals surface area (Å²) in [6, 6.07) is 6.34. The van der Waals surface area contributed by atoms with Crippen molar-refractivity contribution in [1.82, 2.24) is 0 Å². The van der Waals surface area contributed by atoms with Crippen LogP contribution in [0.3, 0.4) is 0 Å². The Kier molecular flexibility index (Phi) is 3.01. The number of thiol groups is 1. The van der Waals surface area contributed by atoms with Gasteiger partial charge in [-0.25, -0.2) is 0 Å². The lowest BCUT2D eigenvalue weighted by Crippen LogP contribution is -1.87. The fourth-order valence-electron chi connectivity index (χ4n) is 1.23. The van der Waals surface area contributed by atoms with E-state index in [9.17, 15) is 0 Å². The van der Waals surface area contributed by atoms with Gasteiger partial charge in [0.25, 0.3) is 0 Å². The summed E-state index contributed by atoms with van der Waals surface area (Å²) >= 11 is 4.27. The Morgan fingerprint density at radius 2 is 2.09 bits per heavy atom. The first-order valence-electron chi connectivity index (χ1n) is 4.02. The van der Waals surface area contributed by atoms with Crippen LogP contribution in [0.5, 0.6) is 0 Å². The fourth-order valence-corrected chi connectivity index (χ4v) is 1.50. The summed E-state index contributed by atoms with van der Waals surface area (Å²) in [5.41, 5.74) is 2.81. The Morgan fingerprint density at radius 3 is 2.64 bits per heavy atom. The van der Waals surface area contributed by atoms with Gasteiger partial charge in [0.15, 0.2) is 0 Å². The highest BCUT2D eigenvalue weighted by Gasteiger charge is 1.95. The Labute approximate surface area is 74.0 Å². The van der Waals surface area contributed by atoms with Crippen molar-refractivity contribution in [3.05, 3.63) is 29.3 Å². The quantitative estimate of drug-likeness (QED) is 0.641. The zero-order chi connectivity index (χ0) is 8.27. The van der Waals surface area contributed by atoms with Gasteiger partial charge in [-0.3, -0.25) is 0 Å². The van der Waals surface area contributed by atoms with Crippen LogP contribution in [0.25, 0.3) is 0 Å². The molecule has 11 heavy (non-hydrogen) atoms. The molecule has 0 amide bonds. The van der Waals surface area contributed by atoms with Gasteiger partial charge in [0.1, 0.15) is 0 Å². The van der Waals surface area contributed by atoms with Crippen molar-refractivity contribution < 1.29 is 0 Å². The minimum atomic E-state index is 1.06. The molecule has 0 nitrogen and oxygen atoms in total. The number of hydrogen-bond donors (Lipinski definition) is 1. The van der Waals surface area contributed by atoms with Gasteiger partial charge in [-0.2, -0.15) is 0 Å². The molecule has 1 aromatic carbocycles. The van der Waals surface area contributed by atoms with Crippen LogP contribution in [0, 0.1) is 6.92 Å². The summed E-state index contributed by atoms with van der Waals surface area (Å²) in [5, 5.41) is 0. The molecule has 0 aromatic heterocycles. The summed E-state index contributed by atoms with van der Waals surface area (Å²) in [7, 11) is 0. The van der Waals surface area contributed by atoms with Crippen molar-refractivity contribution in [1.29, 1.82) is 0 Å². The van der Waals surface area contributed by atoms with E-state index in [0.29, 0.717) is 0 Å². The van der Waals surface area contributed by atoms with Gasteiger partial charge >= 0.3 is 0 Å². The maximum Gasteiger partial charge on any atom is 0.00428 e. The van der Waals surface area contributed by atoms with E-state index in [-0.39, 0.29) is 0 Å².